The largest absolute Gasteiger partial charge is 0.416 e. The Morgan fingerprint density at radius 2 is 1.78 bits per heavy atom. The second-order valence-electron chi connectivity index (χ2n) is 7.15. The van der Waals surface area contributed by atoms with Crippen LogP contribution in [0.4, 0.5) is 24.5 Å². The number of halogens is 3. The third-order valence-corrected chi connectivity index (χ3v) is 6.92. The number of amides is 1. The van der Waals surface area contributed by atoms with Crippen LogP contribution in [0.15, 0.2) is 53.4 Å². The lowest BCUT2D eigenvalue weighted by molar-refractivity contribution is -0.137. The zero-order valence-corrected chi connectivity index (χ0v) is 18.2. The smallest absolute Gasteiger partial charge is 0.378 e. The highest BCUT2D eigenvalue weighted by Crippen LogP contribution is 2.31. The molecule has 0 radical (unpaired) electrons. The van der Waals surface area contributed by atoms with Gasteiger partial charge in [0.2, 0.25) is 15.9 Å². The third kappa shape index (κ3) is 5.78. The second kappa shape index (κ2) is 9.88. The van der Waals surface area contributed by atoms with Crippen LogP contribution in [0, 0.1) is 0 Å². The maximum absolute atomic E-state index is 13.0. The molecule has 0 unspecified atom stereocenters. The van der Waals surface area contributed by atoms with Gasteiger partial charge < -0.3 is 15.0 Å². The summed E-state index contributed by atoms with van der Waals surface area (Å²) in [4.78, 5) is 14.1. The van der Waals surface area contributed by atoms with Gasteiger partial charge in [0.1, 0.15) is 0 Å². The lowest BCUT2D eigenvalue weighted by atomic mass is 10.2. The number of nitrogens with one attached hydrogen (secondary N) is 1. The summed E-state index contributed by atoms with van der Waals surface area (Å²) in [5.74, 6) is -0.596. The van der Waals surface area contributed by atoms with E-state index in [1.165, 1.54) is 6.92 Å². The summed E-state index contributed by atoms with van der Waals surface area (Å²) >= 11 is 0. The Hall–Kier alpha value is -2.63. The average molecular weight is 472 g/mol. The van der Waals surface area contributed by atoms with Crippen LogP contribution in [0.3, 0.4) is 0 Å². The number of rotatable bonds is 7. The van der Waals surface area contributed by atoms with Gasteiger partial charge in [-0.3, -0.25) is 4.79 Å². The number of benzene rings is 2. The Kier molecular flexibility index (Phi) is 7.42. The number of hydrogen-bond acceptors (Lipinski definition) is 5. The van der Waals surface area contributed by atoms with Gasteiger partial charge in [0.05, 0.1) is 30.2 Å². The molecule has 0 aliphatic carbocycles. The maximum Gasteiger partial charge on any atom is 0.416 e. The van der Waals surface area contributed by atoms with Gasteiger partial charge in [-0.2, -0.15) is 17.5 Å². The van der Waals surface area contributed by atoms with Crippen LogP contribution in [0.2, 0.25) is 0 Å². The summed E-state index contributed by atoms with van der Waals surface area (Å²) < 4.78 is 70.6. The molecule has 0 atom stereocenters. The van der Waals surface area contributed by atoms with Crippen LogP contribution < -0.4 is 10.2 Å². The summed E-state index contributed by atoms with van der Waals surface area (Å²) in [6.07, 6.45) is -4.67. The van der Waals surface area contributed by atoms with Crippen LogP contribution in [-0.2, 0) is 25.7 Å². The second-order valence-corrected chi connectivity index (χ2v) is 9.09. The van der Waals surface area contributed by atoms with E-state index in [2.05, 4.69) is 10.2 Å². The van der Waals surface area contributed by atoms with Crippen LogP contribution in [0.5, 0.6) is 0 Å². The van der Waals surface area contributed by atoms with Crippen molar-refractivity contribution in [2.24, 2.45) is 0 Å². The van der Waals surface area contributed by atoms with Crippen molar-refractivity contribution in [1.82, 2.24) is 4.31 Å². The normalized spacial score (nSPS) is 15.1. The molecule has 0 saturated carbocycles. The number of hydrogen-bond donors (Lipinski definition) is 1. The number of morpholine rings is 1. The Bertz CT molecular complexity index is 1040. The summed E-state index contributed by atoms with van der Waals surface area (Å²) in [6.45, 7) is 3.73. The Balaban J connectivity index is 1.67. The molecule has 1 fully saturated rings. The van der Waals surface area contributed by atoms with Crippen LogP contribution in [0.25, 0.3) is 0 Å². The quantitative estimate of drug-likeness (QED) is 0.671. The van der Waals surface area contributed by atoms with E-state index in [1.54, 1.807) is 12.1 Å². The van der Waals surface area contributed by atoms with E-state index >= 15 is 0 Å². The number of carbonyl (C=O) groups excluding carboxylic acids is 1. The number of nitrogens with zero attached hydrogens (tertiary/aromatic N) is 2. The molecular formula is C21H24F3N3O4S. The van der Waals surface area contributed by atoms with E-state index in [0.717, 1.165) is 41.3 Å². The van der Waals surface area contributed by atoms with E-state index in [9.17, 15) is 26.4 Å². The highest BCUT2D eigenvalue weighted by Gasteiger charge is 2.33. The first-order valence-corrected chi connectivity index (χ1v) is 11.5. The van der Waals surface area contributed by atoms with E-state index in [0.29, 0.717) is 25.0 Å². The maximum atomic E-state index is 13.0. The van der Waals surface area contributed by atoms with Gasteiger partial charge in [-0.05, 0) is 42.5 Å². The zero-order valence-electron chi connectivity index (χ0n) is 17.4. The summed E-state index contributed by atoms with van der Waals surface area (Å²) in [5, 5.41) is 2.63. The molecule has 0 spiro atoms. The van der Waals surface area contributed by atoms with Gasteiger partial charge in [0.15, 0.2) is 0 Å². The number of anilines is 2. The van der Waals surface area contributed by atoms with Crippen molar-refractivity contribution in [3.63, 3.8) is 0 Å². The summed E-state index contributed by atoms with van der Waals surface area (Å²) in [7, 11) is -4.29. The molecule has 0 aromatic heterocycles. The number of ether oxygens (including phenoxy) is 1. The van der Waals surface area contributed by atoms with Crippen molar-refractivity contribution in [1.29, 1.82) is 0 Å². The third-order valence-electron chi connectivity index (χ3n) is 5.00. The van der Waals surface area contributed by atoms with Crippen molar-refractivity contribution in [3.8, 4) is 0 Å². The minimum Gasteiger partial charge on any atom is -0.378 e. The minimum absolute atomic E-state index is 0.0814. The molecule has 7 nitrogen and oxygen atoms in total. The van der Waals surface area contributed by atoms with Crippen molar-refractivity contribution < 1.29 is 31.1 Å². The van der Waals surface area contributed by atoms with Gasteiger partial charge in [0, 0.05) is 31.0 Å². The van der Waals surface area contributed by atoms with Crippen LogP contribution in [0.1, 0.15) is 12.5 Å². The molecule has 1 aliphatic rings. The monoisotopic (exact) mass is 471 g/mol. The molecule has 1 N–H and O–H groups in total. The Morgan fingerprint density at radius 3 is 2.38 bits per heavy atom. The lowest BCUT2D eigenvalue weighted by Gasteiger charge is -2.29. The first-order chi connectivity index (χ1) is 15.1. The molecule has 1 saturated heterocycles. The van der Waals surface area contributed by atoms with Gasteiger partial charge in [-0.15, -0.1) is 0 Å². The molecule has 32 heavy (non-hydrogen) atoms. The fourth-order valence-corrected chi connectivity index (χ4v) is 4.74. The number of alkyl halides is 3. The predicted octanol–water partition coefficient (Wildman–Crippen LogP) is 3.19. The number of likely N-dealkylation sites (N-methyl/N-ethyl adjacent to an activating group) is 1. The average Bonchev–Trinajstić information content (AvgIpc) is 2.78. The SMILES string of the molecule is CCN(CC(=O)Nc1ccc(N2CCOCC2)cc1)S(=O)(=O)c1cccc(C(F)(F)F)c1. The standard InChI is InChI=1S/C21H24F3N3O4S/c1-2-27(32(29,30)19-5-3-4-16(14-19)21(22,23)24)15-20(28)25-17-6-8-18(9-7-17)26-10-12-31-13-11-26/h3-9,14H,2,10-13,15H2,1H3,(H,25,28). The van der Waals surface area contributed by atoms with E-state index < -0.39 is 39.1 Å². The molecule has 2 aromatic carbocycles. The highest BCUT2D eigenvalue weighted by atomic mass is 32.2. The topological polar surface area (TPSA) is 79.0 Å². The van der Waals surface area contributed by atoms with Crippen LogP contribution >= 0.6 is 0 Å². The first kappa shape index (κ1) is 24.0. The van der Waals surface area contributed by atoms with Gasteiger partial charge in [0.25, 0.3) is 0 Å². The van der Waals surface area contributed by atoms with Crippen molar-refractivity contribution in [2.45, 2.75) is 18.0 Å². The molecule has 1 amide bonds. The number of carbonyl (C=O) groups is 1. The molecular weight excluding hydrogens is 447 g/mol. The van der Waals surface area contributed by atoms with Crippen molar-refractivity contribution in [3.05, 3.63) is 54.1 Å². The lowest BCUT2D eigenvalue weighted by Crippen LogP contribution is -2.38. The van der Waals surface area contributed by atoms with E-state index in [-0.39, 0.29) is 6.54 Å². The fraction of sp³-hybridized carbons (Fsp3) is 0.381. The predicted molar refractivity (Wildman–Crippen MR) is 114 cm³/mol. The van der Waals surface area contributed by atoms with Crippen LogP contribution in [-0.4, -0.2) is 58.0 Å². The van der Waals surface area contributed by atoms with Gasteiger partial charge in [-0.25, -0.2) is 8.42 Å². The van der Waals surface area contributed by atoms with Gasteiger partial charge >= 0.3 is 6.18 Å². The number of sulfonamides is 1. The van der Waals surface area contributed by atoms with E-state index in [1.807, 2.05) is 12.1 Å². The summed E-state index contributed by atoms with van der Waals surface area (Å²) in [6, 6.07) is 10.6. The molecule has 2 aromatic rings. The zero-order chi connectivity index (χ0) is 23.4. The fourth-order valence-electron chi connectivity index (χ4n) is 3.29. The summed E-state index contributed by atoms with van der Waals surface area (Å²) in [5.41, 5.74) is 0.396. The molecule has 174 valence electrons. The first-order valence-electron chi connectivity index (χ1n) is 10.0. The highest BCUT2D eigenvalue weighted by molar-refractivity contribution is 7.89. The molecule has 1 aliphatic heterocycles. The molecule has 0 bridgehead atoms. The Morgan fingerprint density at radius 1 is 1.12 bits per heavy atom. The minimum atomic E-state index is -4.67. The van der Waals surface area contributed by atoms with Gasteiger partial charge in [-0.1, -0.05) is 13.0 Å². The van der Waals surface area contributed by atoms with Crippen molar-refractivity contribution >= 4 is 27.3 Å². The molecule has 3 rings (SSSR count). The molecule has 1 heterocycles. The van der Waals surface area contributed by atoms with Crippen molar-refractivity contribution in [2.75, 3.05) is 49.6 Å². The molecule has 11 heteroatoms. The Labute approximate surface area is 184 Å². The van der Waals surface area contributed by atoms with E-state index in [4.69, 9.17) is 4.74 Å².